The quantitative estimate of drug-likeness (QED) is 0.458. The molecule has 0 N–H and O–H groups in total. The zero-order valence-electron chi connectivity index (χ0n) is 2.43. The number of hydrogen-bond acceptors (Lipinski definition) is 0. The molecule has 0 unspecified atom stereocenters. The molecule has 0 aromatic rings. The summed E-state index contributed by atoms with van der Waals surface area (Å²) < 4.78 is 0. The van der Waals surface area contributed by atoms with Crippen LogP contribution in [0.2, 0.25) is 0 Å². The first-order valence-electron chi connectivity index (χ1n) is 0. The Morgan fingerprint density at radius 1 is 0.800 bits per heavy atom. The molecule has 0 bridgehead atoms. The molecule has 0 atom stereocenters. The molecule has 0 aliphatic rings. The minimum absolute atomic E-state index is 0. The van der Waals surface area contributed by atoms with Crippen LogP contribution in [0.1, 0.15) is 0 Å². The van der Waals surface area contributed by atoms with E-state index in [0.29, 0.717) is 0 Å². The van der Waals surface area contributed by atoms with E-state index in [-0.39, 0.29) is 65.6 Å². The molecule has 0 spiro atoms. The van der Waals surface area contributed by atoms with Crippen molar-refractivity contribution in [1.82, 2.24) is 0 Å². The molecule has 0 fully saturated rings. The second-order valence-electron chi connectivity index (χ2n) is 0. The zero-order chi connectivity index (χ0) is 0. The molecule has 0 aliphatic carbocycles. The third-order valence-corrected chi connectivity index (χ3v) is 0. The van der Waals surface area contributed by atoms with Crippen molar-refractivity contribution in [3.8, 4) is 0 Å². The first-order chi connectivity index (χ1) is 0. The summed E-state index contributed by atoms with van der Waals surface area (Å²) in [6, 6.07) is 0. The van der Waals surface area contributed by atoms with Gasteiger partial charge in [0.05, 0.1) is 0 Å². The summed E-state index contributed by atoms with van der Waals surface area (Å²) in [6.45, 7) is 0. The fourth-order valence-electron chi connectivity index (χ4n) is 0. The van der Waals surface area contributed by atoms with Gasteiger partial charge in [-0.3, -0.25) is 0 Å². The van der Waals surface area contributed by atoms with Gasteiger partial charge in [-0.2, -0.15) is 0 Å². The van der Waals surface area contributed by atoms with Gasteiger partial charge >= 0.3 is 41.2 Å². The van der Waals surface area contributed by atoms with Gasteiger partial charge in [-0.15, -0.1) is 0 Å². The molecule has 24 valence electrons. The normalized spacial score (nSPS) is 0. The summed E-state index contributed by atoms with van der Waals surface area (Å²) in [5.74, 6) is 0. The van der Waals surface area contributed by atoms with Gasteiger partial charge in [0.1, 0.15) is 0 Å². The van der Waals surface area contributed by atoms with Crippen molar-refractivity contribution in [2.45, 2.75) is 0 Å². The Labute approximate surface area is 65.4 Å². The van der Waals surface area contributed by atoms with Gasteiger partial charge in [-0.25, -0.2) is 0 Å². The third kappa shape index (κ3) is 28.2. The second kappa shape index (κ2) is 46.1. The van der Waals surface area contributed by atoms with Gasteiger partial charge in [0, 0.05) is 0 Å². The van der Waals surface area contributed by atoms with Crippen LogP contribution in [0, 0.1) is 0 Å². The second-order valence-corrected chi connectivity index (χ2v) is 0. The van der Waals surface area contributed by atoms with Crippen molar-refractivity contribution in [2.24, 2.45) is 0 Å². The predicted molar refractivity (Wildman–Crippen MR) is 8.74 cm³/mol. The van der Waals surface area contributed by atoms with E-state index >= 15 is 0 Å². The summed E-state index contributed by atoms with van der Waals surface area (Å²) in [5, 5.41) is 0. The Morgan fingerprint density at radius 2 is 0.800 bits per heavy atom. The topological polar surface area (TPSA) is 57.0 Å². The Kier molecular flexibility index (Phi) is 741. The molecule has 0 aliphatic heterocycles. The summed E-state index contributed by atoms with van der Waals surface area (Å²) in [7, 11) is 0. The van der Waals surface area contributed by atoms with Gasteiger partial charge in [-0.05, 0) is 0 Å². The van der Waals surface area contributed by atoms with Gasteiger partial charge < -0.3 is 24.4 Å². The van der Waals surface area contributed by atoms with Gasteiger partial charge in [-0.1, -0.05) is 0 Å². The minimum atomic E-state index is 0. The fraction of sp³-hybridized carbons (Fsp3) is 0. The smallest absolute Gasteiger partial charge is 2.00 e. The van der Waals surface area contributed by atoms with Crippen LogP contribution in [0.4, 0.5) is 0 Å². The summed E-state index contributed by atoms with van der Waals surface area (Å²) in [4.78, 5) is 0. The van der Waals surface area contributed by atoms with Crippen LogP contribution in [0.5, 0.6) is 0 Å². The average Bonchev–Trinajstić information content (AvgIpc) is 0. The standard InChI is InChI=1S/2O.S.Ti.Zn/q3*-2;+4;+2. The fourth-order valence-corrected chi connectivity index (χ4v) is 0. The van der Waals surface area contributed by atoms with E-state index in [0.717, 1.165) is 0 Å². The van der Waals surface area contributed by atoms with E-state index in [1.54, 1.807) is 0 Å². The summed E-state index contributed by atoms with van der Waals surface area (Å²) in [5.41, 5.74) is 0. The molecule has 0 radical (unpaired) electrons. The predicted octanol–water partition coefficient (Wildman–Crippen LogP) is -0.245. The molecule has 0 saturated heterocycles. The SMILES string of the molecule is [O-2].[O-2].[S-2].[Ti+4].[Zn+2]. The Bertz CT molecular complexity index is 9.61. The van der Waals surface area contributed by atoms with Crippen molar-refractivity contribution in [2.75, 3.05) is 0 Å². The molecule has 5 heavy (non-hydrogen) atoms. The summed E-state index contributed by atoms with van der Waals surface area (Å²) >= 11 is 0. The molecule has 5 heteroatoms. The van der Waals surface area contributed by atoms with Crippen LogP contribution in [0.3, 0.4) is 0 Å². The van der Waals surface area contributed by atoms with Crippen molar-refractivity contribution in [3.63, 3.8) is 0 Å². The van der Waals surface area contributed by atoms with Crippen molar-refractivity contribution in [1.29, 1.82) is 0 Å². The van der Waals surface area contributed by atoms with Crippen molar-refractivity contribution in [3.05, 3.63) is 0 Å². The number of rotatable bonds is 0. The Hall–Kier alpha value is 1.61. The van der Waals surface area contributed by atoms with Crippen LogP contribution in [-0.2, 0) is 65.6 Å². The molecule has 2 nitrogen and oxygen atoms in total. The molecular weight excluding hydrogens is 177 g/mol. The maximum atomic E-state index is 0. The van der Waals surface area contributed by atoms with E-state index in [9.17, 15) is 0 Å². The largest absolute Gasteiger partial charge is 4.00 e. The molecule has 0 aromatic carbocycles. The molecular formula is O2STiZn. The molecule has 0 rings (SSSR count). The Morgan fingerprint density at radius 3 is 0.800 bits per heavy atom. The van der Waals surface area contributed by atoms with Gasteiger partial charge in [0.25, 0.3) is 0 Å². The number of hydrogen-bond donors (Lipinski definition) is 0. The van der Waals surface area contributed by atoms with Gasteiger partial charge in [0.2, 0.25) is 0 Å². The summed E-state index contributed by atoms with van der Waals surface area (Å²) in [6.07, 6.45) is 0. The van der Waals surface area contributed by atoms with Crippen molar-refractivity contribution >= 4 is 13.5 Å². The molecule has 0 amide bonds. The molecule has 0 saturated carbocycles. The van der Waals surface area contributed by atoms with Crippen LogP contribution in [0.15, 0.2) is 0 Å². The van der Waals surface area contributed by atoms with E-state index in [2.05, 4.69) is 0 Å². The average molecular weight is 177 g/mol. The maximum Gasteiger partial charge on any atom is 4.00 e. The maximum absolute atomic E-state index is 0. The van der Waals surface area contributed by atoms with Crippen molar-refractivity contribution < 1.29 is 52.1 Å². The van der Waals surface area contributed by atoms with Crippen LogP contribution >= 0.6 is 0 Å². The first kappa shape index (κ1) is 80.4. The van der Waals surface area contributed by atoms with Gasteiger partial charge in [0.15, 0.2) is 0 Å². The molecule has 0 aromatic heterocycles. The molecule has 0 heterocycles. The first-order valence-corrected chi connectivity index (χ1v) is 0. The van der Waals surface area contributed by atoms with E-state index < -0.39 is 0 Å². The van der Waals surface area contributed by atoms with Crippen LogP contribution in [0.25, 0.3) is 0 Å². The van der Waals surface area contributed by atoms with E-state index in [1.165, 1.54) is 0 Å². The minimum Gasteiger partial charge on any atom is -2.00 e. The monoisotopic (exact) mass is 176 g/mol. The Balaban J connectivity index is 0. The van der Waals surface area contributed by atoms with Crippen LogP contribution in [-0.4, -0.2) is 0 Å². The van der Waals surface area contributed by atoms with E-state index in [1.807, 2.05) is 0 Å². The van der Waals surface area contributed by atoms with E-state index in [4.69, 9.17) is 0 Å². The van der Waals surface area contributed by atoms with Crippen LogP contribution < -0.4 is 0 Å². The zero-order valence-corrected chi connectivity index (χ0v) is 7.78. The third-order valence-electron chi connectivity index (χ3n) is 0.